The molecule has 0 aliphatic carbocycles. The molecule has 0 aromatic heterocycles. The lowest BCUT2D eigenvalue weighted by atomic mass is 10.2. The Balaban J connectivity index is 2.35. The van der Waals surface area contributed by atoms with E-state index in [1.165, 1.54) is 24.3 Å². The van der Waals surface area contributed by atoms with Crippen LogP contribution in [0, 0.1) is 12.7 Å². The summed E-state index contributed by atoms with van der Waals surface area (Å²) in [6.07, 6.45) is 0. The summed E-state index contributed by atoms with van der Waals surface area (Å²) in [5, 5.41) is -0.0915. The number of hydrogen-bond donors (Lipinski definition) is 1. The van der Waals surface area contributed by atoms with Gasteiger partial charge in [0.25, 0.3) is 0 Å². The molecule has 0 unspecified atom stereocenters. The van der Waals surface area contributed by atoms with Gasteiger partial charge in [-0.25, -0.2) is 12.8 Å². The van der Waals surface area contributed by atoms with Crippen LogP contribution < -0.4 is 5.73 Å². The molecule has 3 nitrogen and oxygen atoms in total. The highest BCUT2D eigenvalue weighted by molar-refractivity contribution is 7.90. The SMILES string of the molecule is Cc1cc(S(=O)(=O)Cc2ccc(F)c(Cl)c2)ccc1N. The molecule has 0 amide bonds. The summed E-state index contributed by atoms with van der Waals surface area (Å²) in [7, 11) is -3.52. The van der Waals surface area contributed by atoms with Crippen molar-refractivity contribution in [3.63, 3.8) is 0 Å². The van der Waals surface area contributed by atoms with Crippen LogP contribution in [0.4, 0.5) is 10.1 Å². The second-order valence-electron chi connectivity index (χ2n) is 4.53. The molecule has 0 fully saturated rings. The molecule has 2 N–H and O–H groups in total. The van der Waals surface area contributed by atoms with E-state index in [1.807, 2.05) is 0 Å². The van der Waals surface area contributed by atoms with Crippen molar-refractivity contribution in [3.8, 4) is 0 Å². The second kappa shape index (κ2) is 5.42. The van der Waals surface area contributed by atoms with Crippen molar-refractivity contribution in [2.75, 3.05) is 5.73 Å². The fourth-order valence-electron chi connectivity index (χ4n) is 1.77. The van der Waals surface area contributed by atoms with E-state index in [1.54, 1.807) is 13.0 Å². The molecule has 0 spiro atoms. The van der Waals surface area contributed by atoms with Gasteiger partial charge in [0.1, 0.15) is 5.82 Å². The van der Waals surface area contributed by atoms with E-state index in [9.17, 15) is 12.8 Å². The highest BCUT2D eigenvalue weighted by Gasteiger charge is 2.16. The zero-order chi connectivity index (χ0) is 14.9. The molecule has 0 aliphatic rings. The van der Waals surface area contributed by atoms with Gasteiger partial charge >= 0.3 is 0 Å². The first-order valence-corrected chi connectivity index (χ1v) is 7.85. The Bertz CT molecular complexity index is 760. The van der Waals surface area contributed by atoms with Crippen molar-refractivity contribution in [1.82, 2.24) is 0 Å². The first-order chi connectivity index (χ1) is 9.29. The van der Waals surface area contributed by atoms with Crippen molar-refractivity contribution in [2.45, 2.75) is 17.6 Å². The fraction of sp³-hybridized carbons (Fsp3) is 0.143. The molecule has 0 saturated heterocycles. The van der Waals surface area contributed by atoms with E-state index >= 15 is 0 Å². The highest BCUT2D eigenvalue weighted by Crippen LogP contribution is 2.23. The molecule has 0 aliphatic heterocycles. The lowest BCUT2D eigenvalue weighted by Crippen LogP contribution is -2.06. The first kappa shape index (κ1) is 14.8. The van der Waals surface area contributed by atoms with E-state index < -0.39 is 15.7 Å². The lowest BCUT2D eigenvalue weighted by Gasteiger charge is -2.07. The van der Waals surface area contributed by atoms with Gasteiger partial charge < -0.3 is 5.73 Å². The van der Waals surface area contributed by atoms with Gasteiger partial charge in [0.15, 0.2) is 9.84 Å². The smallest absolute Gasteiger partial charge is 0.182 e. The number of halogens is 2. The zero-order valence-corrected chi connectivity index (χ0v) is 12.3. The fourth-order valence-corrected chi connectivity index (χ4v) is 3.39. The maximum Gasteiger partial charge on any atom is 0.182 e. The van der Waals surface area contributed by atoms with Crippen molar-refractivity contribution in [1.29, 1.82) is 0 Å². The summed E-state index contributed by atoms with van der Waals surface area (Å²) in [5.74, 6) is -0.813. The first-order valence-electron chi connectivity index (χ1n) is 5.82. The third-order valence-electron chi connectivity index (χ3n) is 2.94. The molecule has 0 heterocycles. The molecule has 2 rings (SSSR count). The normalized spacial score (nSPS) is 11.6. The Kier molecular flexibility index (Phi) is 4.01. The summed E-state index contributed by atoms with van der Waals surface area (Å²) in [5.41, 5.74) is 7.34. The van der Waals surface area contributed by atoms with Crippen LogP contribution in [-0.2, 0) is 15.6 Å². The quantitative estimate of drug-likeness (QED) is 0.884. The van der Waals surface area contributed by atoms with E-state index in [-0.39, 0.29) is 15.7 Å². The molecule has 0 bridgehead atoms. The molecule has 106 valence electrons. The highest BCUT2D eigenvalue weighted by atomic mass is 35.5. The molecule has 0 atom stereocenters. The summed E-state index contributed by atoms with van der Waals surface area (Å²) >= 11 is 5.65. The Morgan fingerprint density at radius 3 is 2.50 bits per heavy atom. The Hall–Kier alpha value is -1.59. The lowest BCUT2D eigenvalue weighted by molar-refractivity contribution is 0.594. The standard InChI is InChI=1S/C14H13ClFNO2S/c1-9-6-11(3-5-14(9)17)20(18,19)8-10-2-4-13(16)12(15)7-10/h2-7H,8,17H2,1H3. The molecule has 0 saturated carbocycles. The second-order valence-corrected chi connectivity index (χ2v) is 6.92. The van der Waals surface area contributed by atoms with E-state index in [2.05, 4.69) is 0 Å². The maximum atomic E-state index is 13.1. The average Bonchev–Trinajstić information content (AvgIpc) is 2.37. The molecular weight excluding hydrogens is 301 g/mol. The minimum Gasteiger partial charge on any atom is -0.399 e. The Labute approximate surface area is 122 Å². The Morgan fingerprint density at radius 1 is 1.20 bits per heavy atom. The number of anilines is 1. The molecule has 2 aromatic carbocycles. The van der Waals surface area contributed by atoms with Gasteiger partial charge in [-0.2, -0.15) is 0 Å². The number of sulfone groups is 1. The van der Waals surface area contributed by atoms with Gasteiger partial charge in [0, 0.05) is 5.69 Å². The third-order valence-corrected chi connectivity index (χ3v) is 4.92. The van der Waals surface area contributed by atoms with Crippen LogP contribution in [0.15, 0.2) is 41.3 Å². The van der Waals surface area contributed by atoms with Crippen LogP contribution in [0.5, 0.6) is 0 Å². The molecule has 6 heteroatoms. The van der Waals surface area contributed by atoms with Gasteiger partial charge in [-0.1, -0.05) is 17.7 Å². The largest absolute Gasteiger partial charge is 0.399 e. The number of hydrogen-bond acceptors (Lipinski definition) is 3. The van der Waals surface area contributed by atoms with Gasteiger partial charge in [0.05, 0.1) is 15.7 Å². The number of rotatable bonds is 3. The summed E-state index contributed by atoms with van der Waals surface area (Å²) < 4.78 is 37.6. The van der Waals surface area contributed by atoms with Gasteiger partial charge in [0.2, 0.25) is 0 Å². The van der Waals surface area contributed by atoms with Crippen LogP contribution in [0.2, 0.25) is 5.02 Å². The average molecular weight is 314 g/mol. The molecule has 0 radical (unpaired) electrons. The predicted octanol–water partition coefficient (Wildman–Crippen LogP) is 3.34. The van der Waals surface area contributed by atoms with Gasteiger partial charge in [-0.15, -0.1) is 0 Å². The van der Waals surface area contributed by atoms with Crippen molar-refractivity contribution in [2.24, 2.45) is 0 Å². The Morgan fingerprint density at radius 2 is 1.90 bits per heavy atom. The molecule has 20 heavy (non-hydrogen) atoms. The van der Waals surface area contributed by atoms with Crippen LogP contribution in [-0.4, -0.2) is 8.42 Å². The maximum absolute atomic E-state index is 13.1. The number of aryl methyl sites for hydroxylation is 1. The number of benzene rings is 2. The number of nitrogens with two attached hydrogens (primary N) is 1. The van der Waals surface area contributed by atoms with Crippen LogP contribution >= 0.6 is 11.6 Å². The van der Waals surface area contributed by atoms with Crippen molar-refractivity contribution >= 4 is 27.1 Å². The summed E-state index contributed by atoms with van der Waals surface area (Å²) in [4.78, 5) is 0.185. The van der Waals surface area contributed by atoms with E-state index in [4.69, 9.17) is 17.3 Å². The van der Waals surface area contributed by atoms with Gasteiger partial charge in [-0.3, -0.25) is 0 Å². The summed E-state index contributed by atoms with van der Waals surface area (Å²) in [6, 6.07) is 8.42. The van der Waals surface area contributed by atoms with Crippen molar-refractivity contribution < 1.29 is 12.8 Å². The van der Waals surface area contributed by atoms with Crippen LogP contribution in [0.1, 0.15) is 11.1 Å². The predicted molar refractivity (Wildman–Crippen MR) is 77.9 cm³/mol. The van der Waals surface area contributed by atoms with Gasteiger partial charge in [-0.05, 0) is 48.4 Å². The van der Waals surface area contributed by atoms with Crippen molar-refractivity contribution in [3.05, 3.63) is 58.4 Å². The van der Waals surface area contributed by atoms with Crippen LogP contribution in [0.25, 0.3) is 0 Å². The van der Waals surface area contributed by atoms with E-state index in [0.29, 0.717) is 16.8 Å². The minimum atomic E-state index is -3.52. The molecular formula is C14H13ClFNO2S. The van der Waals surface area contributed by atoms with Crippen LogP contribution in [0.3, 0.4) is 0 Å². The third kappa shape index (κ3) is 3.11. The van der Waals surface area contributed by atoms with E-state index in [0.717, 1.165) is 6.07 Å². The zero-order valence-electron chi connectivity index (χ0n) is 10.7. The summed E-state index contributed by atoms with van der Waals surface area (Å²) in [6.45, 7) is 1.74. The monoisotopic (exact) mass is 313 g/mol. The topological polar surface area (TPSA) is 60.2 Å². The molecule has 2 aromatic rings. The number of nitrogen functional groups attached to an aromatic ring is 1. The minimum absolute atomic E-state index is 0.0915.